The van der Waals surface area contributed by atoms with Gasteiger partial charge in [0.05, 0.1) is 5.69 Å². The van der Waals surface area contributed by atoms with Gasteiger partial charge in [-0.2, -0.15) is 0 Å². The standard InChI is InChI=1S/C14H18FN3O2S/c1-3-18-10-14(8-13(18)9-16)21(19,20)17(2)12-6-4-5-11(15)7-12/h4-8,10H,3,9,16H2,1-2H3. The molecule has 0 saturated carbocycles. The van der Waals surface area contributed by atoms with Crippen LogP contribution >= 0.6 is 0 Å². The highest BCUT2D eigenvalue weighted by atomic mass is 32.2. The molecule has 0 bridgehead atoms. The van der Waals surface area contributed by atoms with Crippen LogP contribution in [0.4, 0.5) is 10.1 Å². The van der Waals surface area contributed by atoms with Crippen molar-refractivity contribution in [3.63, 3.8) is 0 Å². The summed E-state index contributed by atoms with van der Waals surface area (Å²) in [7, 11) is -2.34. The lowest BCUT2D eigenvalue weighted by atomic mass is 10.3. The number of aromatic nitrogens is 1. The highest BCUT2D eigenvalue weighted by molar-refractivity contribution is 7.92. The number of sulfonamides is 1. The summed E-state index contributed by atoms with van der Waals surface area (Å²) in [5.41, 5.74) is 6.62. The number of hydrogen-bond donors (Lipinski definition) is 1. The molecule has 1 aromatic carbocycles. The van der Waals surface area contributed by atoms with Crippen LogP contribution in [0.5, 0.6) is 0 Å². The molecule has 114 valence electrons. The molecular formula is C14H18FN3O2S. The van der Waals surface area contributed by atoms with Crippen LogP contribution in [-0.4, -0.2) is 20.0 Å². The predicted molar refractivity (Wildman–Crippen MR) is 80.0 cm³/mol. The quantitative estimate of drug-likeness (QED) is 0.917. The lowest BCUT2D eigenvalue weighted by Gasteiger charge is -2.18. The third-order valence-electron chi connectivity index (χ3n) is 3.34. The van der Waals surface area contributed by atoms with Crippen molar-refractivity contribution in [2.24, 2.45) is 5.73 Å². The number of benzene rings is 1. The molecule has 2 N–H and O–H groups in total. The molecule has 2 rings (SSSR count). The first-order valence-corrected chi connectivity index (χ1v) is 7.97. The molecule has 0 atom stereocenters. The normalized spacial score (nSPS) is 11.6. The van der Waals surface area contributed by atoms with Crippen LogP contribution in [-0.2, 0) is 23.1 Å². The Kier molecular flexibility index (Phi) is 4.34. The van der Waals surface area contributed by atoms with Gasteiger partial charge in [-0.3, -0.25) is 4.31 Å². The van der Waals surface area contributed by atoms with E-state index in [4.69, 9.17) is 5.73 Å². The lowest BCUT2D eigenvalue weighted by molar-refractivity contribution is 0.593. The molecule has 0 amide bonds. The van der Waals surface area contributed by atoms with E-state index in [0.717, 1.165) is 10.00 Å². The van der Waals surface area contributed by atoms with Gasteiger partial charge >= 0.3 is 0 Å². The van der Waals surface area contributed by atoms with E-state index in [1.807, 2.05) is 6.92 Å². The summed E-state index contributed by atoms with van der Waals surface area (Å²) in [6.45, 7) is 2.80. The molecule has 7 heteroatoms. The highest BCUT2D eigenvalue weighted by Crippen LogP contribution is 2.24. The van der Waals surface area contributed by atoms with Crippen molar-refractivity contribution in [1.82, 2.24) is 4.57 Å². The van der Waals surface area contributed by atoms with Crippen LogP contribution in [0.25, 0.3) is 0 Å². The van der Waals surface area contributed by atoms with E-state index >= 15 is 0 Å². The fraction of sp³-hybridized carbons (Fsp3) is 0.286. The monoisotopic (exact) mass is 311 g/mol. The van der Waals surface area contributed by atoms with Crippen LogP contribution in [0.2, 0.25) is 0 Å². The first-order chi connectivity index (χ1) is 9.90. The molecule has 0 aliphatic rings. The van der Waals surface area contributed by atoms with Crippen molar-refractivity contribution < 1.29 is 12.8 Å². The average Bonchev–Trinajstić information content (AvgIpc) is 2.90. The number of aryl methyl sites for hydroxylation is 1. The van der Waals surface area contributed by atoms with E-state index < -0.39 is 15.8 Å². The first-order valence-electron chi connectivity index (χ1n) is 6.53. The minimum atomic E-state index is -3.74. The summed E-state index contributed by atoms with van der Waals surface area (Å²) in [5, 5.41) is 0. The second kappa shape index (κ2) is 5.87. The van der Waals surface area contributed by atoms with Crippen LogP contribution in [0, 0.1) is 5.82 Å². The van der Waals surface area contributed by atoms with Gasteiger partial charge in [0.25, 0.3) is 10.0 Å². The predicted octanol–water partition coefficient (Wildman–Crippen LogP) is 1.93. The zero-order valence-electron chi connectivity index (χ0n) is 12.0. The van der Waals surface area contributed by atoms with Gasteiger partial charge in [0.2, 0.25) is 0 Å². The van der Waals surface area contributed by atoms with Gasteiger partial charge in [-0.15, -0.1) is 0 Å². The van der Waals surface area contributed by atoms with Gasteiger partial charge in [-0.25, -0.2) is 12.8 Å². The Labute approximate surface area is 123 Å². The van der Waals surface area contributed by atoms with Crippen molar-refractivity contribution in [2.75, 3.05) is 11.4 Å². The SMILES string of the molecule is CCn1cc(S(=O)(=O)N(C)c2cccc(F)c2)cc1CN. The summed E-state index contributed by atoms with van der Waals surface area (Å²) in [5.74, 6) is -0.483. The first kappa shape index (κ1) is 15.5. The minimum Gasteiger partial charge on any atom is -0.349 e. The molecule has 0 unspecified atom stereocenters. The lowest BCUT2D eigenvalue weighted by Crippen LogP contribution is -2.26. The van der Waals surface area contributed by atoms with Crippen molar-refractivity contribution in [3.8, 4) is 0 Å². The summed E-state index contributed by atoms with van der Waals surface area (Å²) in [4.78, 5) is 0.150. The van der Waals surface area contributed by atoms with Crippen LogP contribution in [0.3, 0.4) is 0 Å². The van der Waals surface area contributed by atoms with Crippen molar-refractivity contribution in [3.05, 3.63) is 48.0 Å². The minimum absolute atomic E-state index is 0.150. The zero-order valence-corrected chi connectivity index (χ0v) is 12.8. The molecule has 2 aromatic rings. The Morgan fingerprint density at radius 2 is 2.05 bits per heavy atom. The fourth-order valence-electron chi connectivity index (χ4n) is 2.10. The molecule has 0 aliphatic heterocycles. The number of nitrogens with zero attached hydrogens (tertiary/aromatic N) is 2. The zero-order chi connectivity index (χ0) is 15.6. The maximum atomic E-state index is 13.3. The molecule has 0 fully saturated rings. The Balaban J connectivity index is 2.44. The third-order valence-corrected chi connectivity index (χ3v) is 5.09. The van der Waals surface area contributed by atoms with E-state index in [1.165, 1.54) is 25.2 Å². The van der Waals surface area contributed by atoms with Crippen molar-refractivity contribution >= 4 is 15.7 Å². The third kappa shape index (κ3) is 2.93. The van der Waals surface area contributed by atoms with Crippen LogP contribution in [0.1, 0.15) is 12.6 Å². The Hall–Kier alpha value is -1.86. The number of anilines is 1. The van der Waals surface area contributed by atoms with Gasteiger partial charge in [0, 0.05) is 32.0 Å². The summed E-state index contributed by atoms with van der Waals surface area (Å²) < 4.78 is 41.3. The Morgan fingerprint density at radius 1 is 1.33 bits per heavy atom. The van der Waals surface area contributed by atoms with E-state index in [9.17, 15) is 12.8 Å². The number of hydrogen-bond acceptors (Lipinski definition) is 3. The number of nitrogens with two attached hydrogens (primary N) is 1. The van der Waals surface area contributed by atoms with Gasteiger partial charge < -0.3 is 10.3 Å². The van der Waals surface area contributed by atoms with E-state index in [2.05, 4.69) is 0 Å². The Morgan fingerprint density at radius 3 is 2.57 bits per heavy atom. The maximum Gasteiger partial charge on any atom is 0.265 e. The molecule has 0 saturated heterocycles. The second-order valence-corrected chi connectivity index (χ2v) is 6.58. The number of halogens is 1. The highest BCUT2D eigenvalue weighted by Gasteiger charge is 2.24. The molecule has 1 aromatic heterocycles. The molecular weight excluding hydrogens is 293 g/mol. The van der Waals surface area contributed by atoms with Gasteiger partial charge in [0.1, 0.15) is 10.7 Å². The summed E-state index contributed by atoms with van der Waals surface area (Å²) in [6.07, 6.45) is 1.55. The number of rotatable bonds is 5. The molecule has 0 spiro atoms. The van der Waals surface area contributed by atoms with E-state index in [1.54, 1.807) is 22.9 Å². The molecule has 1 heterocycles. The average molecular weight is 311 g/mol. The van der Waals surface area contributed by atoms with Gasteiger partial charge in [-0.1, -0.05) is 6.07 Å². The van der Waals surface area contributed by atoms with E-state index in [-0.39, 0.29) is 17.1 Å². The maximum absolute atomic E-state index is 13.3. The van der Waals surface area contributed by atoms with Crippen LogP contribution in [0.15, 0.2) is 41.4 Å². The second-order valence-electron chi connectivity index (χ2n) is 4.61. The summed E-state index contributed by atoms with van der Waals surface area (Å²) in [6, 6.07) is 7.01. The smallest absolute Gasteiger partial charge is 0.265 e. The fourth-order valence-corrected chi connectivity index (χ4v) is 3.35. The van der Waals surface area contributed by atoms with Gasteiger partial charge in [-0.05, 0) is 31.2 Å². The van der Waals surface area contributed by atoms with E-state index in [0.29, 0.717) is 6.54 Å². The molecule has 21 heavy (non-hydrogen) atoms. The van der Waals surface area contributed by atoms with Crippen LogP contribution < -0.4 is 10.0 Å². The van der Waals surface area contributed by atoms with Crippen molar-refractivity contribution in [2.45, 2.75) is 24.9 Å². The molecule has 5 nitrogen and oxygen atoms in total. The molecule has 0 radical (unpaired) electrons. The Bertz CT molecular complexity index is 719. The van der Waals surface area contributed by atoms with Crippen molar-refractivity contribution in [1.29, 1.82) is 0 Å². The molecule has 0 aliphatic carbocycles. The topological polar surface area (TPSA) is 68.3 Å². The van der Waals surface area contributed by atoms with Gasteiger partial charge in [0.15, 0.2) is 0 Å². The largest absolute Gasteiger partial charge is 0.349 e. The summed E-state index contributed by atoms with van der Waals surface area (Å²) >= 11 is 0.